The minimum absolute atomic E-state index is 0.231. The van der Waals surface area contributed by atoms with Crippen LogP contribution in [-0.4, -0.2) is 29.2 Å². The van der Waals surface area contributed by atoms with Gasteiger partial charge in [0.05, 0.1) is 0 Å². The smallest absolute Gasteiger partial charge is 0.220 e. The summed E-state index contributed by atoms with van der Waals surface area (Å²) < 4.78 is 0. The third kappa shape index (κ3) is 3.31. The summed E-state index contributed by atoms with van der Waals surface area (Å²) in [7, 11) is 0. The number of thioether (sulfide) groups is 1. The van der Waals surface area contributed by atoms with E-state index in [4.69, 9.17) is 0 Å². The Morgan fingerprint density at radius 2 is 2.33 bits per heavy atom. The van der Waals surface area contributed by atoms with Crippen LogP contribution < -0.4 is 5.32 Å². The van der Waals surface area contributed by atoms with Gasteiger partial charge in [-0.05, 0) is 42.6 Å². The monoisotopic (exact) mass is 245 g/mol. The van der Waals surface area contributed by atoms with Gasteiger partial charge in [0.15, 0.2) is 0 Å². The van der Waals surface area contributed by atoms with Gasteiger partial charge in [0.2, 0.25) is 5.91 Å². The largest absolute Gasteiger partial charge is 0.355 e. The SMILES string of the molecule is O=C(CC1(CS)CC1)NCC1CCCS1. The van der Waals surface area contributed by atoms with Crippen LogP contribution in [0, 0.1) is 5.41 Å². The molecule has 1 aliphatic carbocycles. The number of carbonyl (C=O) groups excluding carboxylic acids is 1. The molecular weight excluding hydrogens is 226 g/mol. The Hall–Kier alpha value is 0.170. The fourth-order valence-electron chi connectivity index (χ4n) is 2.00. The molecule has 1 saturated carbocycles. The van der Waals surface area contributed by atoms with Crippen LogP contribution in [0.3, 0.4) is 0 Å². The predicted molar refractivity (Wildman–Crippen MR) is 68.6 cm³/mol. The second kappa shape index (κ2) is 5.00. The molecule has 1 atom stereocenters. The molecule has 86 valence electrons. The number of thiol groups is 1. The molecule has 1 aliphatic heterocycles. The standard InChI is InChI=1S/C11H19NOS2/c13-10(6-11(8-14)3-4-11)12-7-9-2-1-5-15-9/h9,14H,1-8H2,(H,12,13). The molecule has 1 heterocycles. The summed E-state index contributed by atoms with van der Waals surface area (Å²) in [6.07, 6.45) is 5.63. The molecule has 2 nitrogen and oxygen atoms in total. The molecule has 2 fully saturated rings. The highest BCUT2D eigenvalue weighted by Crippen LogP contribution is 2.49. The number of nitrogens with one attached hydrogen (secondary N) is 1. The van der Waals surface area contributed by atoms with Crippen molar-refractivity contribution in [3.63, 3.8) is 0 Å². The molecule has 1 unspecified atom stereocenters. The molecule has 15 heavy (non-hydrogen) atoms. The van der Waals surface area contributed by atoms with Crippen LogP contribution in [0.4, 0.5) is 0 Å². The highest BCUT2D eigenvalue weighted by molar-refractivity contribution is 8.00. The van der Waals surface area contributed by atoms with Gasteiger partial charge in [0.1, 0.15) is 0 Å². The lowest BCUT2D eigenvalue weighted by Gasteiger charge is -2.13. The zero-order valence-corrected chi connectivity index (χ0v) is 10.7. The lowest BCUT2D eigenvalue weighted by atomic mass is 10.1. The Balaban J connectivity index is 1.64. The quantitative estimate of drug-likeness (QED) is 0.726. The maximum absolute atomic E-state index is 11.7. The van der Waals surface area contributed by atoms with E-state index < -0.39 is 0 Å². The molecule has 0 aromatic rings. The van der Waals surface area contributed by atoms with Crippen LogP contribution in [-0.2, 0) is 4.79 Å². The van der Waals surface area contributed by atoms with Crippen LogP contribution in [0.1, 0.15) is 32.1 Å². The van der Waals surface area contributed by atoms with E-state index in [9.17, 15) is 4.79 Å². The molecule has 0 radical (unpaired) electrons. The average Bonchev–Trinajstić information content (AvgIpc) is 2.80. The van der Waals surface area contributed by atoms with Gasteiger partial charge in [-0.1, -0.05) is 0 Å². The Bertz CT molecular complexity index is 235. The van der Waals surface area contributed by atoms with Crippen molar-refractivity contribution < 1.29 is 4.79 Å². The molecular formula is C11H19NOS2. The second-order valence-corrected chi connectivity index (χ2v) is 6.50. The number of hydrogen-bond donors (Lipinski definition) is 2. The van der Waals surface area contributed by atoms with Gasteiger partial charge in [0, 0.05) is 18.2 Å². The topological polar surface area (TPSA) is 29.1 Å². The van der Waals surface area contributed by atoms with E-state index in [1.807, 2.05) is 11.8 Å². The number of amides is 1. The van der Waals surface area contributed by atoms with Crippen molar-refractivity contribution >= 4 is 30.3 Å². The van der Waals surface area contributed by atoms with Gasteiger partial charge >= 0.3 is 0 Å². The van der Waals surface area contributed by atoms with Gasteiger partial charge in [0.25, 0.3) is 0 Å². The Labute approximate surface area is 101 Å². The Morgan fingerprint density at radius 3 is 2.87 bits per heavy atom. The van der Waals surface area contributed by atoms with E-state index >= 15 is 0 Å². The molecule has 1 saturated heterocycles. The summed E-state index contributed by atoms with van der Waals surface area (Å²) in [4.78, 5) is 11.7. The molecule has 0 aromatic carbocycles. The molecule has 2 rings (SSSR count). The van der Waals surface area contributed by atoms with Crippen molar-refractivity contribution in [3.05, 3.63) is 0 Å². The Morgan fingerprint density at radius 1 is 1.53 bits per heavy atom. The van der Waals surface area contributed by atoms with Crippen molar-refractivity contribution in [2.75, 3.05) is 18.1 Å². The number of hydrogen-bond acceptors (Lipinski definition) is 3. The molecule has 2 aliphatic rings. The van der Waals surface area contributed by atoms with Crippen LogP contribution in [0.2, 0.25) is 0 Å². The third-order valence-electron chi connectivity index (χ3n) is 3.38. The summed E-state index contributed by atoms with van der Waals surface area (Å²) >= 11 is 6.30. The number of carbonyl (C=O) groups is 1. The molecule has 1 amide bonds. The van der Waals surface area contributed by atoms with E-state index in [-0.39, 0.29) is 11.3 Å². The van der Waals surface area contributed by atoms with Crippen molar-refractivity contribution in [2.24, 2.45) is 5.41 Å². The predicted octanol–water partition coefficient (Wildman–Crippen LogP) is 2.10. The zero-order chi connectivity index (χ0) is 10.7. The molecule has 4 heteroatoms. The van der Waals surface area contributed by atoms with Gasteiger partial charge in [-0.15, -0.1) is 0 Å². The van der Waals surface area contributed by atoms with E-state index in [0.717, 1.165) is 12.3 Å². The first kappa shape index (κ1) is 11.6. The van der Waals surface area contributed by atoms with Crippen molar-refractivity contribution in [3.8, 4) is 0 Å². The zero-order valence-electron chi connectivity index (χ0n) is 9.00. The van der Waals surface area contributed by atoms with Crippen LogP contribution in [0.15, 0.2) is 0 Å². The van der Waals surface area contributed by atoms with Gasteiger partial charge < -0.3 is 5.32 Å². The van der Waals surface area contributed by atoms with Gasteiger partial charge in [-0.25, -0.2) is 0 Å². The molecule has 1 N–H and O–H groups in total. The van der Waals surface area contributed by atoms with Crippen molar-refractivity contribution in [1.29, 1.82) is 0 Å². The van der Waals surface area contributed by atoms with E-state index in [1.165, 1.54) is 31.4 Å². The van der Waals surface area contributed by atoms with Gasteiger partial charge in [-0.2, -0.15) is 24.4 Å². The van der Waals surface area contributed by atoms with Crippen molar-refractivity contribution in [2.45, 2.75) is 37.4 Å². The summed E-state index contributed by atoms with van der Waals surface area (Å²) in [5.74, 6) is 2.36. The van der Waals surface area contributed by atoms with E-state index in [0.29, 0.717) is 11.7 Å². The Kier molecular flexibility index (Phi) is 3.88. The number of rotatable bonds is 5. The first-order chi connectivity index (χ1) is 7.24. The summed E-state index contributed by atoms with van der Waals surface area (Å²) in [5.41, 5.74) is 0.260. The average molecular weight is 245 g/mol. The lowest BCUT2D eigenvalue weighted by molar-refractivity contribution is -0.122. The normalized spacial score (nSPS) is 27.7. The summed E-state index contributed by atoms with van der Waals surface area (Å²) in [6.45, 7) is 0.867. The second-order valence-electron chi connectivity index (χ2n) is 4.77. The third-order valence-corrected chi connectivity index (χ3v) is 5.45. The lowest BCUT2D eigenvalue weighted by Crippen LogP contribution is -2.31. The van der Waals surface area contributed by atoms with Crippen LogP contribution in [0.5, 0.6) is 0 Å². The minimum atomic E-state index is 0.231. The van der Waals surface area contributed by atoms with Crippen LogP contribution >= 0.6 is 24.4 Å². The maximum Gasteiger partial charge on any atom is 0.220 e. The highest BCUT2D eigenvalue weighted by atomic mass is 32.2. The highest BCUT2D eigenvalue weighted by Gasteiger charge is 2.42. The first-order valence-electron chi connectivity index (χ1n) is 5.73. The fourth-order valence-corrected chi connectivity index (χ4v) is 3.63. The maximum atomic E-state index is 11.7. The molecule has 0 bridgehead atoms. The fraction of sp³-hybridized carbons (Fsp3) is 0.909. The minimum Gasteiger partial charge on any atom is -0.355 e. The molecule has 0 aromatic heterocycles. The molecule has 0 spiro atoms. The summed E-state index contributed by atoms with van der Waals surface area (Å²) in [5, 5.41) is 3.73. The first-order valence-corrected chi connectivity index (χ1v) is 7.41. The van der Waals surface area contributed by atoms with Gasteiger partial charge in [-0.3, -0.25) is 4.79 Å². The van der Waals surface area contributed by atoms with Crippen LogP contribution in [0.25, 0.3) is 0 Å². The van der Waals surface area contributed by atoms with E-state index in [2.05, 4.69) is 17.9 Å². The van der Waals surface area contributed by atoms with Crippen molar-refractivity contribution in [1.82, 2.24) is 5.32 Å². The summed E-state index contributed by atoms with van der Waals surface area (Å²) in [6, 6.07) is 0. The van der Waals surface area contributed by atoms with E-state index in [1.54, 1.807) is 0 Å².